The van der Waals surface area contributed by atoms with Gasteiger partial charge in [0.15, 0.2) is 11.1 Å². The van der Waals surface area contributed by atoms with E-state index in [1.165, 1.54) is 12.8 Å². The van der Waals surface area contributed by atoms with Crippen LogP contribution < -0.4 is 10.2 Å². The average Bonchev–Trinajstić information content (AvgIpc) is 3.37. The first-order valence-corrected chi connectivity index (χ1v) is 10.9. The van der Waals surface area contributed by atoms with Crippen LogP contribution in [0.25, 0.3) is 0 Å². The number of piperidine rings is 1. The maximum atomic E-state index is 12.0. The summed E-state index contributed by atoms with van der Waals surface area (Å²) in [5.74, 6) is 0.715. The average molecular weight is 394 g/mol. The first-order valence-electron chi connectivity index (χ1n) is 10.0. The van der Waals surface area contributed by atoms with Crippen molar-refractivity contribution in [3.63, 3.8) is 0 Å². The van der Waals surface area contributed by atoms with E-state index in [0.717, 1.165) is 62.2 Å². The van der Waals surface area contributed by atoms with Gasteiger partial charge >= 0.3 is 5.97 Å². The van der Waals surface area contributed by atoms with Crippen LogP contribution in [0.5, 0.6) is 0 Å². The molecule has 2 fully saturated rings. The summed E-state index contributed by atoms with van der Waals surface area (Å²) in [5, 5.41) is 6.75. The van der Waals surface area contributed by atoms with Crippen LogP contribution in [-0.2, 0) is 16.0 Å². The maximum Gasteiger partial charge on any atom is 0.310 e. The second kappa shape index (κ2) is 9.92. The first-order chi connectivity index (χ1) is 13.2. The second-order valence-electron chi connectivity index (χ2n) is 7.08. The molecule has 1 aromatic rings. The van der Waals surface area contributed by atoms with Gasteiger partial charge in [-0.1, -0.05) is 0 Å². The molecule has 0 bridgehead atoms. The first kappa shape index (κ1) is 19.9. The fourth-order valence-electron chi connectivity index (χ4n) is 3.72. The number of anilines is 1. The molecule has 0 amide bonds. The molecule has 2 aliphatic heterocycles. The standard InChI is InChI=1S/C19H31N5O2S/c1-3-26-17(25)15-7-6-12-24(13-15)18(20-2)21-9-8-16-14-27-19(22-16)23-10-4-5-11-23/h14-15H,3-13H2,1-2H3,(H,20,21). The van der Waals surface area contributed by atoms with Crippen LogP contribution in [0.1, 0.15) is 38.3 Å². The van der Waals surface area contributed by atoms with Gasteiger partial charge in [0, 0.05) is 51.6 Å². The smallest absolute Gasteiger partial charge is 0.310 e. The molecule has 0 aromatic carbocycles. The number of hydrogen-bond donors (Lipinski definition) is 1. The molecule has 0 saturated carbocycles. The van der Waals surface area contributed by atoms with Gasteiger partial charge < -0.3 is 19.9 Å². The molecule has 8 heteroatoms. The quantitative estimate of drug-likeness (QED) is 0.454. The Balaban J connectivity index is 1.47. The van der Waals surface area contributed by atoms with Crippen molar-refractivity contribution in [3.8, 4) is 0 Å². The lowest BCUT2D eigenvalue weighted by Gasteiger charge is -2.33. The zero-order valence-electron chi connectivity index (χ0n) is 16.4. The Morgan fingerprint density at radius 1 is 1.37 bits per heavy atom. The SMILES string of the molecule is CCOC(=O)C1CCCN(C(=NC)NCCc2csc(N3CCCC3)n2)C1. The highest BCUT2D eigenvalue weighted by atomic mass is 32.1. The third kappa shape index (κ3) is 5.34. The monoisotopic (exact) mass is 393 g/mol. The van der Waals surface area contributed by atoms with E-state index >= 15 is 0 Å². The van der Waals surface area contributed by atoms with Crippen LogP contribution >= 0.6 is 11.3 Å². The normalized spacial score (nSPS) is 20.8. The summed E-state index contributed by atoms with van der Waals surface area (Å²) in [6.07, 6.45) is 5.29. The van der Waals surface area contributed by atoms with Crippen molar-refractivity contribution in [1.29, 1.82) is 0 Å². The molecule has 2 saturated heterocycles. The Morgan fingerprint density at radius 3 is 2.93 bits per heavy atom. The number of carbonyl (C=O) groups is 1. The molecular formula is C19H31N5O2S. The molecule has 0 radical (unpaired) electrons. The molecule has 1 unspecified atom stereocenters. The highest BCUT2D eigenvalue weighted by Crippen LogP contribution is 2.24. The van der Waals surface area contributed by atoms with Gasteiger partial charge in [0.2, 0.25) is 0 Å². The van der Waals surface area contributed by atoms with Crippen LogP contribution in [0.2, 0.25) is 0 Å². The Bertz CT molecular complexity index is 642. The van der Waals surface area contributed by atoms with Crippen molar-refractivity contribution in [3.05, 3.63) is 11.1 Å². The van der Waals surface area contributed by atoms with Gasteiger partial charge in [-0.2, -0.15) is 0 Å². The molecule has 0 aliphatic carbocycles. The van der Waals surface area contributed by atoms with Crippen molar-refractivity contribution in [2.24, 2.45) is 10.9 Å². The van der Waals surface area contributed by atoms with Crippen LogP contribution in [0.3, 0.4) is 0 Å². The summed E-state index contributed by atoms with van der Waals surface area (Å²) in [6.45, 7) is 6.95. The molecule has 1 atom stereocenters. The number of nitrogens with zero attached hydrogens (tertiary/aromatic N) is 4. The van der Waals surface area contributed by atoms with Crippen molar-refractivity contribution < 1.29 is 9.53 Å². The number of nitrogens with one attached hydrogen (secondary N) is 1. The molecule has 27 heavy (non-hydrogen) atoms. The summed E-state index contributed by atoms with van der Waals surface area (Å²) >= 11 is 1.74. The van der Waals surface area contributed by atoms with E-state index in [2.05, 4.69) is 25.5 Å². The summed E-state index contributed by atoms with van der Waals surface area (Å²) < 4.78 is 5.19. The zero-order valence-corrected chi connectivity index (χ0v) is 17.3. The summed E-state index contributed by atoms with van der Waals surface area (Å²) in [4.78, 5) is 25.8. The molecule has 150 valence electrons. The Kier molecular flexibility index (Phi) is 7.32. The Morgan fingerprint density at radius 2 is 2.19 bits per heavy atom. The van der Waals surface area contributed by atoms with Crippen LogP contribution in [0.15, 0.2) is 10.4 Å². The highest BCUT2D eigenvalue weighted by Gasteiger charge is 2.28. The van der Waals surface area contributed by atoms with E-state index in [9.17, 15) is 4.79 Å². The second-order valence-corrected chi connectivity index (χ2v) is 7.91. The Labute approximate surface area is 165 Å². The topological polar surface area (TPSA) is 70.1 Å². The fourth-order valence-corrected chi connectivity index (χ4v) is 4.64. The summed E-state index contributed by atoms with van der Waals surface area (Å²) in [6, 6.07) is 0. The van der Waals surface area contributed by atoms with Gasteiger partial charge in [-0.15, -0.1) is 11.3 Å². The van der Waals surface area contributed by atoms with Gasteiger partial charge in [0.05, 0.1) is 18.2 Å². The molecule has 1 aromatic heterocycles. The van der Waals surface area contributed by atoms with Gasteiger partial charge in [-0.05, 0) is 32.6 Å². The molecule has 7 nitrogen and oxygen atoms in total. The number of aliphatic imine (C=N–C) groups is 1. The number of rotatable bonds is 6. The van der Waals surface area contributed by atoms with Crippen molar-refractivity contribution in [2.75, 3.05) is 51.3 Å². The predicted octanol–water partition coefficient (Wildman–Crippen LogP) is 2.14. The number of hydrogen-bond acceptors (Lipinski definition) is 6. The largest absolute Gasteiger partial charge is 0.466 e. The lowest BCUT2D eigenvalue weighted by Crippen LogP contribution is -2.48. The van der Waals surface area contributed by atoms with Crippen LogP contribution in [0, 0.1) is 5.92 Å². The number of thiazole rings is 1. The van der Waals surface area contributed by atoms with Gasteiger partial charge in [0.1, 0.15) is 0 Å². The number of likely N-dealkylation sites (tertiary alicyclic amines) is 1. The van der Waals surface area contributed by atoms with Crippen molar-refractivity contribution in [2.45, 2.75) is 39.0 Å². The number of aromatic nitrogens is 1. The number of ether oxygens (including phenoxy) is 1. The van der Waals surface area contributed by atoms with Crippen LogP contribution in [-0.4, -0.2) is 68.2 Å². The van der Waals surface area contributed by atoms with Crippen LogP contribution in [0.4, 0.5) is 5.13 Å². The molecule has 1 N–H and O–H groups in total. The van der Waals surface area contributed by atoms with E-state index < -0.39 is 0 Å². The minimum Gasteiger partial charge on any atom is -0.466 e. The lowest BCUT2D eigenvalue weighted by atomic mass is 9.98. The van der Waals surface area contributed by atoms with E-state index in [0.29, 0.717) is 13.2 Å². The minimum absolute atomic E-state index is 0.0567. The highest BCUT2D eigenvalue weighted by molar-refractivity contribution is 7.13. The van der Waals surface area contributed by atoms with E-state index in [1.807, 2.05) is 6.92 Å². The van der Waals surface area contributed by atoms with E-state index in [-0.39, 0.29) is 11.9 Å². The Hall–Kier alpha value is -1.83. The zero-order chi connectivity index (χ0) is 19.1. The minimum atomic E-state index is -0.0884. The summed E-state index contributed by atoms with van der Waals surface area (Å²) in [7, 11) is 1.80. The molecule has 0 spiro atoms. The van der Waals surface area contributed by atoms with Crippen molar-refractivity contribution >= 4 is 28.4 Å². The van der Waals surface area contributed by atoms with Gasteiger partial charge in [-0.25, -0.2) is 4.98 Å². The fraction of sp³-hybridized carbons (Fsp3) is 0.737. The maximum absolute atomic E-state index is 12.0. The van der Waals surface area contributed by atoms with Gasteiger partial charge in [-0.3, -0.25) is 9.79 Å². The van der Waals surface area contributed by atoms with Gasteiger partial charge in [0.25, 0.3) is 0 Å². The predicted molar refractivity (Wildman–Crippen MR) is 110 cm³/mol. The summed E-state index contributed by atoms with van der Waals surface area (Å²) in [5.41, 5.74) is 1.13. The third-order valence-electron chi connectivity index (χ3n) is 5.13. The number of esters is 1. The molecule has 3 rings (SSSR count). The van der Waals surface area contributed by atoms with E-state index in [1.54, 1.807) is 18.4 Å². The lowest BCUT2D eigenvalue weighted by molar-refractivity contribution is -0.149. The number of carbonyl (C=O) groups excluding carboxylic acids is 1. The van der Waals surface area contributed by atoms with Crippen molar-refractivity contribution in [1.82, 2.24) is 15.2 Å². The van der Waals surface area contributed by atoms with E-state index in [4.69, 9.17) is 9.72 Å². The molecule has 3 heterocycles. The molecular weight excluding hydrogens is 362 g/mol. The molecule has 2 aliphatic rings. The number of guanidine groups is 1. The third-order valence-corrected chi connectivity index (χ3v) is 6.08.